The molecule has 0 aliphatic heterocycles. The molecule has 258 valence electrons. The Kier molecular flexibility index (Phi) is 14.3. The maximum atomic E-state index is 15.5. The van der Waals surface area contributed by atoms with Crippen molar-refractivity contribution >= 4 is 11.9 Å². The minimum absolute atomic E-state index is 0.0683. The number of hydrogen-bond donors (Lipinski definition) is 2. The van der Waals surface area contributed by atoms with E-state index in [1.165, 1.54) is 50.7 Å². The van der Waals surface area contributed by atoms with E-state index in [-0.39, 0.29) is 42.8 Å². The van der Waals surface area contributed by atoms with Crippen LogP contribution in [0, 0.1) is 23.7 Å². The lowest BCUT2D eigenvalue weighted by Crippen LogP contribution is -2.46. The molecule has 6 nitrogen and oxygen atoms in total. The van der Waals surface area contributed by atoms with Gasteiger partial charge in [-0.25, -0.2) is 9.59 Å². The molecule has 2 aliphatic carbocycles. The molecule has 0 aromatic heterocycles. The zero-order valence-electron chi connectivity index (χ0n) is 27.0. The second-order valence-electron chi connectivity index (χ2n) is 13.1. The van der Waals surface area contributed by atoms with E-state index < -0.39 is 54.4 Å². The fraction of sp³-hybridized carbons (Fsp3) is 0.667. The van der Waals surface area contributed by atoms with Crippen LogP contribution in [0.25, 0.3) is 0 Å². The van der Waals surface area contributed by atoms with Gasteiger partial charge in [0.05, 0.1) is 30.3 Å². The molecule has 0 amide bonds. The van der Waals surface area contributed by atoms with Crippen LogP contribution in [-0.4, -0.2) is 54.5 Å². The monoisotopic (exact) mass is 654 g/mol. The van der Waals surface area contributed by atoms with E-state index in [9.17, 15) is 9.59 Å². The smallest absolute Gasteiger partial charge is 0.335 e. The standard InChI is InChI=1S/C36H50F4O6/c1-4-5-6-7-26-8-10-27(11-9-26)28-12-16-31(17-13-28)35(37,38)36(39,40)32-18-14-29(15-19-32)30(22-45-33(43)24(2)20-41)23-46-34(44)25(3)21-42/h14-15,18-19,26-28,30-31,41-42H,2-13,16-17,20-23H2,1H3. The highest BCUT2D eigenvalue weighted by Gasteiger charge is 2.61. The lowest BCUT2D eigenvalue weighted by molar-refractivity contribution is -0.249. The van der Waals surface area contributed by atoms with Crippen LogP contribution in [0.4, 0.5) is 17.6 Å². The van der Waals surface area contributed by atoms with Crippen LogP contribution in [-0.2, 0) is 25.0 Å². The molecule has 1 aromatic rings. The lowest BCUT2D eigenvalue weighted by atomic mass is 9.67. The lowest BCUT2D eigenvalue weighted by Gasteiger charge is -2.41. The minimum atomic E-state index is -4.41. The van der Waals surface area contributed by atoms with Crippen LogP contribution in [0.1, 0.15) is 101 Å². The van der Waals surface area contributed by atoms with E-state index in [4.69, 9.17) is 19.7 Å². The molecule has 0 bridgehead atoms. The molecule has 0 atom stereocenters. The van der Waals surface area contributed by atoms with Crippen LogP contribution in [0.2, 0.25) is 0 Å². The number of unbranched alkanes of at least 4 members (excludes halogenated alkanes) is 2. The summed E-state index contributed by atoms with van der Waals surface area (Å²) in [5, 5.41) is 18.2. The van der Waals surface area contributed by atoms with Gasteiger partial charge in [0.15, 0.2) is 0 Å². The number of carbonyl (C=O) groups excluding carboxylic acids is 2. The van der Waals surface area contributed by atoms with E-state index in [0.29, 0.717) is 24.7 Å². The van der Waals surface area contributed by atoms with E-state index in [0.717, 1.165) is 30.9 Å². The second kappa shape index (κ2) is 17.4. The predicted octanol–water partition coefficient (Wildman–Crippen LogP) is 7.87. The summed E-state index contributed by atoms with van der Waals surface area (Å²) in [5.41, 5.74) is -0.991. The van der Waals surface area contributed by atoms with Crippen molar-refractivity contribution in [3.8, 4) is 0 Å². The first-order valence-corrected chi connectivity index (χ1v) is 16.6. The van der Waals surface area contributed by atoms with Gasteiger partial charge in [0.25, 0.3) is 0 Å². The van der Waals surface area contributed by atoms with Crippen LogP contribution >= 0.6 is 0 Å². The van der Waals surface area contributed by atoms with Crippen LogP contribution in [0.3, 0.4) is 0 Å². The number of alkyl halides is 4. The van der Waals surface area contributed by atoms with Crippen molar-refractivity contribution in [3.63, 3.8) is 0 Å². The van der Waals surface area contributed by atoms with Crippen molar-refractivity contribution < 1.29 is 46.8 Å². The van der Waals surface area contributed by atoms with Crippen molar-refractivity contribution in [2.45, 2.75) is 102 Å². The Bertz CT molecular complexity index is 1120. The Morgan fingerprint density at radius 1 is 0.804 bits per heavy atom. The Labute approximate surface area is 270 Å². The highest BCUT2D eigenvalue weighted by Crippen LogP contribution is 2.53. The molecule has 0 heterocycles. The molecule has 2 aliphatic rings. The van der Waals surface area contributed by atoms with Crippen molar-refractivity contribution in [1.29, 1.82) is 0 Å². The van der Waals surface area contributed by atoms with E-state index in [1.54, 1.807) is 0 Å². The van der Waals surface area contributed by atoms with Crippen LogP contribution in [0.5, 0.6) is 0 Å². The SMILES string of the molecule is C=C(CO)C(=O)OCC(COC(=O)C(=C)CO)c1ccc(C(F)(F)C(F)(F)C2CCC(C3CCC(CCCCC)CC3)CC2)cc1. The van der Waals surface area contributed by atoms with Gasteiger partial charge in [0.1, 0.15) is 13.2 Å². The Morgan fingerprint density at radius 2 is 1.28 bits per heavy atom. The third kappa shape index (κ3) is 9.66. The summed E-state index contributed by atoms with van der Waals surface area (Å²) >= 11 is 0. The molecule has 0 radical (unpaired) electrons. The summed E-state index contributed by atoms with van der Waals surface area (Å²) < 4.78 is 72.2. The topological polar surface area (TPSA) is 93.1 Å². The Morgan fingerprint density at radius 3 is 1.74 bits per heavy atom. The van der Waals surface area contributed by atoms with E-state index in [2.05, 4.69) is 20.1 Å². The minimum Gasteiger partial charge on any atom is -0.461 e. The number of rotatable bonds is 17. The fourth-order valence-electron chi connectivity index (χ4n) is 6.92. The summed E-state index contributed by atoms with van der Waals surface area (Å²) in [5.74, 6) is -11.2. The first-order chi connectivity index (χ1) is 21.8. The van der Waals surface area contributed by atoms with Crippen molar-refractivity contribution in [2.75, 3.05) is 26.4 Å². The number of aliphatic hydroxyl groups excluding tert-OH is 2. The van der Waals surface area contributed by atoms with E-state index >= 15 is 17.6 Å². The molecule has 1 aromatic carbocycles. The second-order valence-corrected chi connectivity index (χ2v) is 13.1. The number of ether oxygens (including phenoxy) is 2. The average Bonchev–Trinajstić information content (AvgIpc) is 3.07. The average molecular weight is 655 g/mol. The number of esters is 2. The molecular weight excluding hydrogens is 604 g/mol. The van der Waals surface area contributed by atoms with Crippen molar-refractivity contribution in [3.05, 3.63) is 59.7 Å². The summed E-state index contributed by atoms with van der Waals surface area (Å²) in [6.45, 7) is 6.89. The van der Waals surface area contributed by atoms with Gasteiger partial charge in [0, 0.05) is 11.5 Å². The quantitative estimate of drug-likeness (QED) is 0.0769. The Hall–Kier alpha value is -2.72. The molecular formula is C36H50F4O6. The summed E-state index contributed by atoms with van der Waals surface area (Å²) in [4.78, 5) is 24.0. The van der Waals surface area contributed by atoms with Crippen molar-refractivity contribution in [2.24, 2.45) is 23.7 Å². The maximum Gasteiger partial charge on any atom is 0.335 e. The molecule has 2 saturated carbocycles. The van der Waals surface area contributed by atoms with Gasteiger partial charge in [0.2, 0.25) is 0 Å². The maximum absolute atomic E-state index is 15.5. The number of halogens is 4. The molecule has 2 N–H and O–H groups in total. The van der Waals surface area contributed by atoms with Crippen molar-refractivity contribution in [1.82, 2.24) is 0 Å². The van der Waals surface area contributed by atoms with Gasteiger partial charge in [-0.1, -0.05) is 82.9 Å². The van der Waals surface area contributed by atoms with Gasteiger partial charge >= 0.3 is 23.8 Å². The molecule has 3 rings (SSSR count). The third-order valence-electron chi connectivity index (χ3n) is 10.0. The predicted molar refractivity (Wildman–Crippen MR) is 167 cm³/mol. The number of carbonyl (C=O) groups is 2. The third-order valence-corrected chi connectivity index (χ3v) is 10.0. The summed E-state index contributed by atoms with van der Waals surface area (Å²) in [6.07, 6.45) is 10.8. The van der Waals surface area contributed by atoms with Gasteiger partial charge in [-0.15, -0.1) is 0 Å². The zero-order valence-corrected chi connectivity index (χ0v) is 27.0. The Balaban J connectivity index is 1.63. The number of benzene rings is 1. The molecule has 46 heavy (non-hydrogen) atoms. The normalized spacial score (nSPS) is 22.3. The molecule has 0 saturated heterocycles. The van der Waals surface area contributed by atoms with Gasteiger partial charge in [-0.2, -0.15) is 17.6 Å². The largest absolute Gasteiger partial charge is 0.461 e. The highest BCUT2D eigenvalue weighted by molar-refractivity contribution is 5.88. The molecule has 2 fully saturated rings. The highest BCUT2D eigenvalue weighted by atomic mass is 19.3. The number of hydrogen-bond acceptors (Lipinski definition) is 6. The fourth-order valence-corrected chi connectivity index (χ4v) is 6.92. The zero-order chi connectivity index (χ0) is 33.9. The number of aliphatic hydroxyl groups is 2. The summed E-state index contributed by atoms with van der Waals surface area (Å²) in [6, 6.07) is 4.26. The van der Waals surface area contributed by atoms with E-state index in [1.807, 2.05) is 0 Å². The summed E-state index contributed by atoms with van der Waals surface area (Å²) in [7, 11) is 0. The van der Waals surface area contributed by atoms with Crippen LogP contribution in [0.15, 0.2) is 48.6 Å². The molecule has 10 heteroatoms. The molecule has 0 spiro atoms. The molecule has 0 unspecified atom stereocenters. The first kappa shape index (κ1) is 37.7. The van der Waals surface area contributed by atoms with Crippen LogP contribution < -0.4 is 0 Å². The first-order valence-electron chi connectivity index (χ1n) is 16.6. The van der Waals surface area contributed by atoms with Gasteiger partial charge in [-0.05, 0) is 61.8 Å². The van der Waals surface area contributed by atoms with Gasteiger partial charge in [-0.3, -0.25) is 0 Å². The van der Waals surface area contributed by atoms with Gasteiger partial charge < -0.3 is 19.7 Å².